The van der Waals surface area contributed by atoms with Crippen molar-refractivity contribution in [3.05, 3.63) is 28.8 Å². The molecule has 4 heteroatoms. The van der Waals surface area contributed by atoms with Crippen LogP contribution in [-0.2, 0) is 15.4 Å². The summed E-state index contributed by atoms with van der Waals surface area (Å²) in [6.07, 6.45) is 0. The lowest BCUT2D eigenvalue weighted by Gasteiger charge is -2.28. The lowest BCUT2D eigenvalue weighted by Crippen LogP contribution is -2.30. The van der Waals surface area contributed by atoms with Gasteiger partial charge in [0.05, 0.1) is 6.61 Å². The normalized spacial score (nSPS) is 13.6. The molecule has 0 saturated heterocycles. The molecule has 0 fully saturated rings. The van der Waals surface area contributed by atoms with E-state index < -0.39 is 7.94 Å². The SMILES string of the molecule is CCO[P+](O)(O)c1c(C)cc(C(C)(C)C)cc1C(C)(C)C. The van der Waals surface area contributed by atoms with Crippen LogP contribution in [0.5, 0.6) is 0 Å². The Bertz CT molecular complexity index is 508. The van der Waals surface area contributed by atoms with Gasteiger partial charge in [-0.25, -0.2) is 0 Å². The first-order valence-electron chi connectivity index (χ1n) is 7.46. The van der Waals surface area contributed by atoms with E-state index in [2.05, 4.69) is 47.6 Å². The summed E-state index contributed by atoms with van der Waals surface area (Å²) in [7, 11) is -3.54. The molecule has 2 N–H and O–H groups in total. The zero-order valence-corrected chi connectivity index (χ0v) is 15.5. The molecule has 0 aliphatic rings. The minimum atomic E-state index is -3.54. The molecule has 0 aliphatic carbocycles. The quantitative estimate of drug-likeness (QED) is 0.829. The predicted molar refractivity (Wildman–Crippen MR) is 91.2 cm³/mol. The van der Waals surface area contributed by atoms with Crippen LogP contribution in [0.25, 0.3) is 0 Å². The average molecular weight is 313 g/mol. The van der Waals surface area contributed by atoms with Crippen molar-refractivity contribution >= 4 is 13.2 Å². The molecule has 0 aliphatic heterocycles. The van der Waals surface area contributed by atoms with Crippen LogP contribution in [0.4, 0.5) is 0 Å². The van der Waals surface area contributed by atoms with Gasteiger partial charge in [-0.15, -0.1) is 0 Å². The molecule has 0 aromatic heterocycles. The van der Waals surface area contributed by atoms with Gasteiger partial charge >= 0.3 is 7.94 Å². The zero-order chi connectivity index (χ0) is 16.6. The highest BCUT2D eigenvalue weighted by Gasteiger charge is 2.45. The summed E-state index contributed by atoms with van der Waals surface area (Å²) < 4.78 is 5.28. The molecule has 120 valence electrons. The fourth-order valence-electron chi connectivity index (χ4n) is 2.42. The van der Waals surface area contributed by atoms with Crippen molar-refractivity contribution in [2.24, 2.45) is 0 Å². The van der Waals surface area contributed by atoms with Crippen LogP contribution in [0.15, 0.2) is 12.1 Å². The summed E-state index contributed by atoms with van der Waals surface area (Å²) in [5.74, 6) is 0. The summed E-state index contributed by atoms with van der Waals surface area (Å²) in [6.45, 7) is 16.7. The van der Waals surface area contributed by atoms with Crippen LogP contribution in [0.1, 0.15) is 65.2 Å². The van der Waals surface area contributed by atoms with E-state index in [1.807, 2.05) is 13.0 Å². The van der Waals surface area contributed by atoms with Gasteiger partial charge in [-0.2, -0.15) is 14.3 Å². The zero-order valence-electron chi connectivity index (χ0n) is 14.6. The van der Waals surface area contributed by atoms with Crippen LogP contribution in [-0.4, -0.2) is 16.4 Å². The average Bonchev–Trinajstić information content (AvgIpc) is 2.24. The lowest BCUT2D eigenvalue weighted by molar-refractivity contribution is 0.252. The summed E-state index contributed by atoms with van der Waals surface area (Å²) >= 11 is 0. The van der Waals surface area contributed by atoms with Gasteiger partial charge in [-0.05, 0) is 30.2 Å². The predicted octanol–water partition coefficient (Wildman–Crippen LogP) is 4.00. The first kappa shape index (κ1) is 18.6. The standard InChI is InChI=1S/C17H30O3P/c1-9-20-21(18,19)15-12(2)10-13(16(3,4)5)11-14(15)17(6,7)8/h10-11,18-19H,9H2,1-8H3/q+1. The molecule has 0 spiro atoms. The smallest absolute Gasteiger partial charge is 0.188 e. The Hall–Kier alpha value is -0.470. The van der Waals surface area contributed by atoms with E-state index in [-0.39, 0.29) is 17.4 Å². The summed E-state index contributed by atoms with van der Waals surface area (Å²) in [5, 5.41) is 0.574. The summed E-state index contributed by atoms with van der Waals surface area (Å²) in [4.78, 5) is 20.9. The van der Waals surface area contributed by atoms with Crippen LogP contribution in [0.3, 0.4) is 0 Å². The molecule has 0 heterocycles. The molecule has 21 heavy (non-hydrogen) atoms. The minimum absolute atomic E-state index is 0.0148. The number of rotatable bonds is 3. The highest BCUT2D eigenvalue weighted by molar-refractivity contribution is 7.67. The third kappa shape index (κ3) is 4.26. The maximum atomic E-state index is 10.4. The van der Waals surface area contributed by atoms with Crippen LogP contribution < -0.4 is 5.30 Å². The number of hydrogen-bond acceptors (Lipinski definition) is 3. The van der Waals surface area contributed by atoms with Crippen molar-refractivity contribution in [3.63, 3.8) is 0 Å². The Kier molecular flexibility index (Phi) is 5.28. The first-order valence-corrected chi connectivity index (χ1v) is 9.07. The Morgan fingerprint density at radius 2 is 1.52 bits per heavy atom. The Morgan fingerprint density at radius 1 is 1.00 bits per heavy atom. The Morgan fingerprint density at radius 3 is 1.90 bits per heavy atom. The number of hydrogen-bond donors (Lipinski definition) is 2. The monoisotopic (exact) mass is 313 g/mol. The van der Waals surface area contributed by atoms with E-state index in [9.17, 15) is 9.79 Å². The third-order valence-electron chi connectivity index (χ3n) is 3.57. The van der Waals surface area contributed by atoms with Gasteiger partial charge in [0.1, 0.15) is 0 Å². The molecule has 1 aromatic carbocycles. The largest absolute Gasteiger partial charge is 0.444 e. The van der Waals surface area contributed by atoms with Crippen LogP contribution >= 0.6 is 7.94 Å². The van der Waals surface area contributed by atoms with Crippen LogP contribution in [0, 0.1) is 6.92 Å². The van der Waals surface area contributed by atoms with E-state index in [0.29, 0.717) is 5.30 Å². The van der Waals surface area contributed by atoms with E-state index in [1.165, 1.54) is 5.56 Å². The van der Waals surface area contributed by atoms with E-state index in [4.69, 9.17) is 4.52 Å². The van der Waals surface area contributed by atoms with Crippen LogP contribution in [0.2, 0.25) is 0 Å². The Labute approximate surface area is 129 Å². The van der Waals surface area contributed by atoms with Crippen molar-refractivity contribution in [1.82, 2.24) is 0 Å². The molecule has 1 aromatic rings. The number of benzene rings is 1. The van der Waals surface area contributed by atoms with Crippen molar-refractivity contribution in [2.45, 2.75) is 66.2 Å². The molecule has 0 saturated carbocycles. The molecule has 0 bridgehead atoms. The second-order valence-electron chi connectivity index (χ2n) is 7.65. The number of aryl methyl sites for hydroxylation is 1. The van der Waals surface area contributed by atoms with Crippen molar-refractivity contribution < 1.29 is 14.3 Å². The molecule has 3 nitrogen and oxygen atoms in total. The van der Waals surface area contributed by atoms with Gasteiger partial charge in [0.2, 0.25) is 0 Å². The maximum absolute atomic E-state index is 10.4. The maximum Gasteiger partial charge on any atom is 0.444 e. The fourth-order valence-corrected chi connectivity index (χ4v) is 4.14. The second kappa shape index (κ2) is 5.96. The third-order valence-corrected chi connectivity index (χ3v) is 5.37. The van der Waals surface area contributed by atoms with E-state index >= 15 is 0 Å². The summed E-state index contributed by atoms with van der Waals surface area (Å²) in [6, 6.07) is 4.15. The Balaban J connectivity index is 3.65. The first-order chi connectivity index (χ1) is 9.30. The van der Waals surface area contributed by atoms with Gasteiger partial charge < -0.3 is 0 Å². The van der Waals surface area contributed by atoms with Gasteiger partial charge in [-0.3, -0.25) is 0 Å². The van der Waals surface area contributed by atoms with Crippen molar-refractivity contribution in [2.75, 3.05) is 6.61 Å². The van der Waals surface area contributed by atoms with Gasteiger partial charge in [0, 0.05) is 11.1 Å². The van der Waals surface area contributed by atoms with E-state index in [1.54, 1.807) is 6.92 Å². The molecule has 0 radical (unpaired) electrons. The molecule has 0 amide bonds. The highest BCUT2D eigenvalue weighted by atomic mass is 31.2. The van der Waals surface area contributed by atoms with Crippen molar-refractivity contribution in [1.29, 1.82) is 0 Å². The molecule has 0 unspecified atom stereocenters. The fraction of sp³-hybridized carbons (Fsp3) is 0.647. The van der Waals surface area contributed by atoms with Gasteiger partial charge in [-0.1, -0.05) is 53.7 Å². The highest BCUT2D eigenvalue weighted by Crippen LogP contribution is 2.53. The summed E-state index contributed by atoms with van der Waals surface area (Å²) in [5.41, 5.74) is 2.87. The van der Waals surface area contributed by atoms with Gasteiger partial charge in [0.25, 0.3) is 0 Å². The molecular weight excluding hydrogens is 283 g/mol. The topological polar surface area (TPSA) is 49.7 Å². The molecule has 1 rings (SSSR count). The van der Waals surface area contributed by atoms with Crippen molar-refractivity contribution in [3.8, 4) is 0 Å². The molecule has 0 atom stereocenters. The van der Waals surface area contributed by atoms with Gasteiger partial charge in [0.15, 0.2) is 5.30 Å². The second-order valence-corrected chi connectivity index (χ2v) is 9.44. The minimum Gasteiger partial charge on any atom is -0.188 e. The molecular formula is C17H30O3P+. The van der Waals surface area contributed by atoms with E-state index in [0.717, 1.165) is 11.1 Å². The lowest BCUT2D eigenvalue weighted by atomic mass is 9.79.